The van der Waals surface area contributed by atoms with Crippen molar-refractivity contribution in [2.45, 2.75) is 25.9 Å². The van der Waals surface area contributed by atoms with Crippen molar-refractivity contribution in [3.8, 4) is 11.3 Å². The van der Waals surface area contributed by atoms with Crippen LogP contribution in [0.25, 0.3) is 22.2 Å². The van der Waals surface area contributed by atoms with Crippen LogP contribution in [-0.4, -0.2) is 36.4 Å². The number of benzene rings is 1. The molecule has 0 N–H and O–H groups in total. The summed E-state index contributed by atoms with van der Waals surface area (Å²) in [6.45, 7) is 2.48. The topological polar surface area (TPSA) is 73.6 Å². The Morgan fingerprint density at radius 1 is 1.35 bits per heavy atom. The maximum absolute atomic E-state index is 13.6. The van der Waals surface area contributed by atoms with Gasteiger partial charge in [0.2, 0.25) is 0 Å². The summed E-state index contributed by atoms with van der Waals surface area (Å²) >= 11 is 0. The van der Waals surface area contributed by atoms with Gasteiger partial charge >= 0.3 is 0 Å². The first-order valence-electron chi connectivity index (χ1n) is 7.17. The van der Waals surface area contributed by atoms with Gasteiger partial charge in [-0.15, -0.1) is 5.10 Å². The first-order valence-corrected chi connectivity index (χ1v) is 7.17. The minimum absolute atomic E-state index is 0.130. The molecule has 0 unspecified atom stereocenters. The molecular formula is C16H16FN5O. The highest BCUT2D eigenvalue weighted by Gasteiger charge is 2.27. The Morgan fingerprint density at radius 2 is 2.13 bits per heavy atom. The number of carbonyl (C=O) groups is 1. The lowest BCUT2D eigenvalue weighted by atomic mass is 10.0. The monoisotopic (exact) mass is 313 g/mol. The van der Waals surface area contributed by atoms with Gasteiger partial charge in [0.05, 0.1) is 18.1 Å². The van der Waals surface area contributed by atoms with Gasteiger partial charge in [0.15, 0.2) is 11.5 Å². The molecule has 118 valence electrons. The zero-order valence-electron chi connectivity index (χ0n) is 13.1. The molecule has 1 aromatic carbocycles. The average molecular weight is 313 g/mol. The molecule has 0 spiro atoms. The lowest BCUT2D eigenvalue weighted by Crippen LogP contribution is -2.28. The van der Waals surface area contributed by atoms with Crippen molar-refractivity contribution in [1.82, 2.24) is 25.0 Å². The summed E-state index contributed by atoms with van der Waals surface area (Å²) in [4.78, 5) is 20.3. The summed E-state index contributed by atoms with van der Waals surface area (Å²) < 4.78 is 15.3. The van der Waals surface area contributed by atoms with Gasteiger partial charge in [-0.3, -0.25) is 9.48 Å². The van der Waals surface area contributed by atoms with Gasteiger partial charge in [0.1, 0.15) is 11.5 Å². The lowest BCUT2D eigenvalue weighted by molar-refractivity contribution is -0.127. The van der Waals surface area contributed by atoms with Gasteiger partial charge in [0, 0.05) is 24.2 Å². The Kier molecular flexibility index (Phi) is 3.63. The SMILES string of the molecule is Cn1cc(-c2ccc3cnc(CC(=O)C(C)(C)F)nc3c2)nn1. The van der Waals surface area contributed by atoms with E-state index < -0.39 is 11.5 Å². The van der Waals surface area contributed by atoms with Gasteiger partial charge in [-0.05, 0) is 19.9 Å². The maximum atomic E-state index is 13.6. The molecule has 0 amide bonds. The molecule has 0 atom stereocenters. The highest BCUT2D eigenvalue weighted by Crippen LogP contribution is 2.21. The molecule has 0 aliphatic carbocycles. The summed E-state index contributed by atoms with van der Waals surface area (Å²) in [6.07, 6.45) is 3.31. The molecule has 3 rings (SSSR count). The minimum Gasteiger partial charge on any atom is -0.296 e. The largest absolute Gasteiger partial charge is 0.296 e. The van der Waals surface area contributed by atoms with E-state index in [2.05, 4.69) is 20.3 Å². The molecule has 7 heteroatoms. The second-order valence-corrected chi connectivity index (χ2v) is 5.91. The minimum atomic E-state index is -1.89. The van der Waals surface area contributed by atoms with Crippen LogP contribution in [0.2, 0.25) is 0 Å². The van der Waals surface area contributed by atoms with Crippen LogP contribution >= 0.6 is 0 Å². The smallest absolute Gasteiger partial charge is 0.176 e. The fourth-order valence-corrected chi connectivity index (χ4v) is 2.14. The number of rotatable bonds is 4. The third-order valence-electron chi connectivity index (χ3n) is 3.51. The molecule has 0 saturated carbocycles. The van der Waals surface area contributed by atoms with E-state index in [9.17, 15) is 9.18 Å². The zero-order chi connectivity index (χ0) is 16.6. The number of carbonyl (C=O) groups excluding carboxylic acids is 1. The third kappa shape index (κ3) is 3.23. The van der Waals surface area contributed by atoms with E-state index in [4.69, 9.17) is 0 Å². The number of Topliss-reactive ketones (excluding diaryl/α,β-unsaturated/α-hetero) is 1. The third-order valence-corrected chi connectivity index (χ3v) is 3.51. The van der Waals surface area contributed by atoms with E-state index in [-0.39, 0.29) is 6.42 Å². The van der Waals surface area contributed by atoms with Gasteiger partial charge in [0.25, 0.3) is 0 Å². The molecule has 6 nitrogen and oxygen atoms in total. The number of hydrogen-bond acceptors (Lipinski definition) is 5. The average Bonchev–Trinajstić information content (AvgIpc) is 2.92. The first kappa shape index (κ1) is 15.2. The van der Waals surface area contributed by atoms with Crippen LogP contribution in [0.15, 0.2) is 30.6 Å². The number of ketones is 1. The molecule has 0 saturated heterocycles. The van der Waals surface area contributed by atoms with E-state index in [1.165, 1.54) is 13.8 Å². The molecule has 2 aromatic heterocycles. The molecule has 0 aliphatic heterocycles. The van der Waals surface area contributed by atoms with E-state index in [1.807, 2.05) is 18.2 Å². The fourth-order valence-electron chi connectivity index (χ4n) is 2.14. The summed E-state index contributed by atoms with van der Waals surface area (Å²) in [7, 11) is 1.79. The highest BCUT2D eigenvalue weighted by molar-refractivity contribution is 5.88. The van der Waals surface area contributed by atoms with Crippen molar-refractivity contribution in [3.05, 3.63) is 36.4 Å². The van der Waals surface area contributed by atoms with Gasteiger partial charge in [-0.1, -0.05) is 17.3 Å². The van der Waals surface area contributed by atoms with Crippen LogP contribution in [0.5, 0.6) is 0 Å². The van der Waals surface area contributed by atoms with Crippen LogP contribution in [0.4, 0.5) is 4.39 Å². The van der Waals surface area contributed by atoms with Gasteiger partial charge < -0.3 is 0 Å². The van der Waals surface area contributed by atoms with Crippen LogP contribution in [0.1, 0.15) is 19.7 Å². The van der Waals surface area contributed by atoms with Crippen molar-refractivity contribution >= 4 is 16.7 Å². The maximum Gasteiger partial charge on any atom is 0.176 e. The molecular weight excluding hydrogens is 297 g/mol. The van der Waals surface area contributed by atoms with Crippen molar-refractivity contribution in [3.63, 3.8) is 0 Å². The van der Waals surface area contributed by atoms with Crippen molar-refractivity contribution < 1.29 is 9.18 Å². The molecule has 23 heavy (non-hydrogen) atoms. The van der Waals surface area contributed by atoms with Crippen molar-refractivity contribution in [1.29, 1.82) is 0 Å². The second kappa shape index (κ2) is 5.49. The van der Waals surface area contributed by atoms with E-state index in [0.717, 1.165) is 16.6 Å². The highest BCUT2D eigenvalue weighted by atomic mass is 19.1. The van der Waals surface area contributed by atoms with E-state index >= 15 is 0 Å². The predicted octanol–water partition coefficient (Wildman–Crippen LogP) is 2.29. The number of alkyl halides is 1. The zero-order valence-corrected chi connectivity index (χ0v) is 13.1. The Hall–Kier alpha value is -2.70. The summed E-state index contributed by atoms with van der Waals surface area (Å²) in [5.74, 6) is -0.230. The number of halogens is 1. The first-order chi connectivity index (χ1) is 10.8. The molecule has 0 radical (unpaired) electrons. The van der Waals surface area contributed by atoms with E-state index in [0.29, 0.717) is 11.3 Å². The van der Waals surface area contributed by atoms with Crippen molar-refractivity contribution in [2.75, 3.05) is 0 Å². The number of fused-ring (bicyclic) bond motifs is 1. The van der Waals surface area contributed by atoms with Crippen LogP contribution in [0.3, 0.4) is 0 Å². The Balaban J connectivity index is 1.96. The Labute approximate surface area is 132 Å². The van der Waals surface area contributed by atoms with E-state index in [1.54, 1.807) is 24.1 Å². The number of aryl methyl sites for hydroxylation is 1. The molecule has 0 bridgehead atoms. The standard InChI is InChI=1S/C16H16FN5O/c1-16(2,17)14(23)7-15-18-8-11-5-4-10(6-12(11)19-15)13-9-22(3)21-20-13/h4-6,8-9H,7H2,1-3H3. The fraction of sp³-hybridized carbons (Fsp3) is 0.312. The number of aromatic nitrogens is 5. The predicted molar refractivity (Wildman–Crippen MR) is 83.4 cm³/mol. The lowest BCUT2D eigenvalue weighted by Gasteiger charge is -2.11. The quantitative estimate of drug-likeness (QED) is 0.739. The molecule has 0 aliphatic rings. The summed E-state index contributed by atoms with van der Waals surface area (Å²) in [5.41, 5.74) is 0.394. The molecule has 2 heterocycles. The normalized spacial score (nSPS) is 11.8. The summed E-state index contributed by atoms with van der Waals surface area (Å²) in [5, 5.41) is 8.81. The second-order valence-electron chi connectivity index (χ2n) is 5.91. The van der Waals surface area contributed by atoms with Crippen molar-refractivity contribution in [2.24, 2.45) is 7.05 Å². The number of nitrogens with zero attached hydrogens (tertiary/aromatic N) is 5. The van der Waals surface area contributed by atoms with Crippen LogP contribution < -0.4 is 0 Å². The Morgan fingerprint density at radius 3 is 2.78 bits per heavy atom. The molecule has 0 fully saturated rings. The van der Waals surface area contributed by atoms with Gasteiger partial charge in [-0.2, -0.15) is 0 Å². The Bertz CT molecular complexity index is 882. The molecule has 3 aromatic rings. The van der Waals surface area contributed by atoms with Gasteiger partial charge in [-0.25, -0.2) is 14.4 Å². The van der Waals surface area contributed by atoms with Crippen LogP contribution in [-0.2, 0) is 18.3 Å². The summed E-state index contributed by atoms with van der Waals surface area (Å²) in [6, 6.07) is 5.64. The number of hydrogen-bond donors (Lipinski definition) is 0. The van der Waals surface area contributed by atoms with Crippen LogP contribution in [0, 0.1) is 0 Å².